The topological polar surface area (TPSA) is 0 Å². The quantitative estimate of drug-likeness (QED) is 0.460. The summed E-state index contributed by atoms with van der Waals surface area (Å²) in [6, 6.07) is 0. The van der Waals surface area contributed by atoms with Gasteiger partial charge in [0.1, 0.15) is 0 Å². The van der Waals surface area contributed by atoms with Crippen LogP contribution in [-0.2, 0) is 0 Å². The van der Waals surface area contributed by atoms with Crippen LogP contribution in [0.25, 0.3) is 0 Å². The Kier molecular flexibility index (Phi) is 5.07. The average molecular weight is 94.2 g/mol. The maximum atomic E-state index is 3.51. The van der Waals surface area contributed by atoms with Crippen molar-refractivity contribution in [2.75, 3.05) is 0 Å². The molecule has 0 rings (SSSR count). The first-order valence-electron chi connectivity index (χ1n) is 2.32. The van der Waals surface area contributed by atoms with Crippen LogP contribution in [0.3, 0.4) is 0 Å². The molecule has 0 spiro atoms. The molecule has 0 unspecified atom stereocenters. The van der Waals surface area contributed by atoms with E-state index in [1.165, 1.54) is 0 Å². The Balaban J connectivity index is 3.09. The van der Waals surface area contributed by atoms with Crippen molar-refractivity contribution in [1.29, 1.82) is 0 Å². The molecule has 0 amide bonds. The Morgan fingerprint density at radius 3 is 2.29 bits per heavy atom. The lowest BCUT2D eigenvalue weighted by Crippen LogP contribution is -1.50. The summed E-state index contributed by atoms with van der Waals surface area (Å²) in [7, 11) is 0. The Labute approximate surface area is 45.5 Å². The van der Waals surface area contributed by atoms with Gasteiger partial charge in [0.2, 0.25) is 0 Å². The smallest absolute Gasteiger partial charge is 0.0198 e. The van der Waals surface area contributed by atoms with Gasteiger partial charge < -0.3 is 0 Å². The molecule has 0 heteroatoms. The van der Waals surface area contributed by atoms with Gasteiger partial charge in [-0.3, -0.25) is 0 Å². The Morgan fingerprint density at radius 2 is 1.86 bits per heavy atom. The molecular formula is C7H10. The van der Waals surface area contributed by atoms with Crippen LogP contribution in [0.1, 0.15) is 6.92 Å². The lowest BCUT2D eigenvalue weighted by molar-refractivity contribution is 1.56. The number of hydrogen-bond donors (Lipinski definition) is 0. The molecule has 0 aliphatic heterocycles. The fraction of sp³-hybridized carbons (Fsp3) is 0.143. The molecule has 0 aromatic carbocycles. The summed E-state index contributed by atoms with van der Waals surface area (Å²) in [6.45, 7) is 5.49. The highest BCUT2D eigenvalue weighted by Crippen LogP contribution is 1.77. The minimum absolute atomic E-state index is 1.75. The summed E-state index contributed by atoms with van der Waals surface area (Å²) < 4.78 is 0. The summed E-state index contributed by atoms with van der Waals surface area (Å²) >= 11 is 0. The molecular weight excluding hydrogens is 84.1 g/mol. The second-order valence-corrected chi connectivity index (χ2v) is 1.15. The van der Waals surface area contributed by atoms with Crippen LogP contribution in [-0.4, -0.2) is 0 Å². The predicted octanol–water partition coefficient (Wildman–Crippen LogP) is 2.16. The summed E-state index contributed by atoms with van der Waals surface area (Å²) in [5.74, 6) is 0. The normalized spacial score (nSPS) is 11.7. The van der Waals surface area contributed by atoms with Crippen LogP contribution in [0, 0.1) is 13.3 Å². The van der Waals surface area contributed by atoms with Crippen LogP contribution in [0.4, 0.5) is 0 Å². The van der Waals surface area contributed by atoms with E-state index < -0.39 is 0 Å². The van der Waals surface area contributed by atoms with Gasteiger partial charge in [-0.1, -0.05) is 31.2 Å². The molecule has 0 N–H and O–H groups in total. The molecule has 0 aliphatic carbocycles. The fourth-order valence-electron chi connectivity index (χ4n) is 0.254. The standard InChI is InChI=1S/C7H10/c1-3-5-7-6-4-2/h3-7H,1H2,2H3/b5-3+,7-6+. The van der Waals surface area contributed by atoms with Gasteiger partial charge in [-0.25, -0.2) is 0 Å². The zero-order valence-corrected chi connectivity index (χ0v) is 4.59. The molecule has 0 fully saturated rings. The monoisotopic (exact) mass is 94.1 g/mol. The summed E-state index contributed by atoms with van der Waals surface area (Å²) in [4.78, 5) is 0. The second-order valence-electron chi connectivity index (χ2n) is 1.15. The van der Waals surface area contributed by atoms with Crippen LogP contribution >= 0.6 is 0 Å². The van der Waals surface area contributed by atoms with E-state index in [1.54, 1.807) is 6.08 Å². The van der Waals surface area contributed by atoms with Crippen molar-refractivity contribution in [1.82, 2.24) is 0 Å². The summed E-state index contributed by atoms with van der Waals surface area (Å²) in [5, 5.41) is 0. The lowest BCUT2D eigenvalue weighted by atomic mass is 10.4. The molecule has 2 radical (unpaired) electrons. The van der Waals surface area contributed by atoms with E-state index in [2.05, 4.69) is 6.92 Å². The fourth-order valence-corrected chi connectivity index (χ4v) is 0.254. The highest BCUT2D eigenvalue weighted by atomic mass is 13.6. The van der Waals surface area contributed by atoms with Crippen molar-refractivity contribution in [2.45, 2.75) is 6.92 Å². The molecule has 0 aromatic rings. The molecule has 38 valence electrons. The van der Waals surface area contributed by atoms with Gasteiger partial charge in [-0.2, -0.15) is 0 Å². The van der Waals surface area contributed by atoms with E-state index in [0.717, 1.165) is 0 Å². The predicted molar refractivity (Wildman–Crippen MR) is 33.6 cm³/mol. The molecule has 0 heterocycles. The molecule has 0 nitrogen and oxygen atoms in total. The van der Waals surface area contributed by atoms with E-state index in [4.69, 9.17) is 0 Å². The largest absolute Gasteiger partial charge is 0.0842 e. The van der Waals surface area contributed by atoms with Crippen molar-refractivity contribution < 1.29 is 0 Å². The van der Waals surface area contributed by atoms with E-state index >= 15 is 0 Å². The first-order valence-corrected chi connectivity index (χ1v) is 2.32. The minimum atomic E-state index is 1.75. The molecule has 0 atom stereocenters. The lowest BCUT2D eigenvalue weighted by Gasteiger charge is -1.69. The molecule has 7 heavy (non-hydrogen) atoms. The van der Waals surface area contributed by atoms with Gasteiger partial charge >= 0.3 is 0 Å². The molecule has 0 bridgehead atoms. The van der Waals surface area contributed by atoms with Crippen LogP contribution in [0.2, 0.25) is 0 Å². The van der Waals surface area contributed by atoms with Crippen molar-refractivity contribution in [3.8, 4) is 0 Å². The van der Waals surface area contributed by atoms with Crippen LogP contribution in [0.5, 0.6) is 0 Å². The third-order valence-electron chi connectivity index (χ3n) is 0.551. The highest BCUT2D eigenvalue weighted by molar-refractivity contribution is 5.06. The average Bonchev–Trinajstić information content (AvgIpc) is 1.69. The first-order chi connectivity index (χ1) is 3.41. The van der Waals surface area contributed by atoms with Gasteiger partial charge in [0.25, 0.3) is 0 Å². The van der Waals surface area contributed by atoms with Crippen molar-refractivity contribution in [2.24, 2.45) is 0 Å². The van der Waals surface area contributed by atoms with Gasteiger partial charge in [-0.15, -0.1) is 0 Å². The van der Waals surface area contributed by atoms with Crippen LogP contribution < -0.4 is 0 Å². The second kappa shape index (κ2) is 5.48. The Bertz CT molecular complexity index is 68.1. The third kappa shape index (κ3) is 5.48. The van der Waals surface area contributed by atoms with Gasteiger partial charge in [0, 0.05) is 0 Å². The maximum Gasteiger partial charge on any atom is -0.0198 e. The molecule has 0 aliphatic rings. The van der Waals surface area contributed by atoms with Crippen molar-refractivity contribution in [3.63, 3.8) is 0 Å². The number of hydrogen-bond acceptors (Lipinski definition) is 0. The summed E-state index contributed by atoms with van der Waals surface area (Å²) in [6.07, 6.45) is 9.51. The third-order valence-corrected chi connectivity index (χ3v) is 0.551. The number of allylic oxidation sites excluding steroid dienone is 4. The zero-order chi connectivity index (χ0) is 5.54. The van der Waals surface area contributed by atoms with Crippen molar-refractivity contribution >= 4 is 0 Å². The molecule has 0 saturated heterocycles. The van der Waals surface area contributed by atoms with Gasteiger partial charge in [0.15, 0.2) is 0 Å². The Morgan fingerprint density at radius 1 is 1.14 bits per heavy atom. The van der Waals surface area contributed by atoms with Crippen LogP contribution in [0.15, 0.2) is 24.3 Å². The maximum absolute atomic E-state index is 3.51. The van der Waals surface area contributed by atoms with E-state index in [9.17, 15) is 0 Å². The van der Waals surface area contributed by atoms with E-state index in [-0.39, 0.29) is 0 Å². The SMILES string of the molecule is [CH2]/C=C/C=C/[CH]C. The minimum Gasteiger partial charge on any atom is -0.0842 e. The zero-order valence-electron chi connectivity index (χ0n) is 4.59. The highest BCUT2D eigenvalue weighted by Gasteiger charge is 1.58. The molecule has 0 saturated carbocycles. The van der Waals surface area contributed by atoms with Crippen molar-refractivity contribution in [3.05, 3.63) is 37.6 Å². The van der Waals surface area contributed by atoms with E-state index in [1.807, 2.05) is 31.6 Å². The van der Waals surface area contributed by atoms with Gasteiger partial charge in [0.05, 0.1) is 0 Å². The summed E-state index contributed by atoms with van der Waals surface area (Å²) in [5.41, 5.74) is 0. The molecule has 0 aromatic heterocycles. The number of rotatable bonds is 2. The van der Waals surface area contributed by atoms with E-state index in [0.29, 0.717) is 0 Å². The Hall–Kier alpha value is -0.520. The first kappa shape index (κ1) is 6.48. The van der Waals surface area contributed by atoms with Gasteiger partial charge in [-0.05, 0) is 13.3 Å².